The van der Waals surface area contributed by atoms with Gasteiger partial charge in [-0.2, -0.15) is 0 Å². The molecule has 2 fully saturated rings. The molecular formula is C19H28N2O2. The van der Waals surface area contributed by atoms with E-state index in [1.165, 1.54) is 5.56 Å². The van der Waals surface area contributed by atoms with Gasteiger partial charge >= 0.3 is 0 Å². The number of likely N-dealkylation sites (tertiary alicyclic amines) is 1. The predicted molar refractivity (Wildman–Crippen MR) is 91.7 cm³/mol. The van der Waals surface area contributed by atoms with E-state index in [1.807, 2.05) is 30.0 Å². The van der Waals surface area contributed by atoms with Gasteiger partial charge in [-0.3, -0.25) is 4.79 Å². The summed E-state index contributed by atoms with van der Waals surface area (Å²) < 4.78 is 5.94. The lowest BCUT2D eigenvalue weighted by atomic mass is 9.87. The maximum Gasteiger partial charge on any atom is 0.263 e. The standard InChI is InChI=1S/C19H28N2O2/c1-13(18(22)21-11-14-9-20-10-15(14)12-21)23-17-7-5-6-16(8-17)19(2,3)4/h5-8,13-15,20H,9-12H2,1-4H3/t13?,14-,15+. The molecule has 0 aliphatic carbocycles. The fraction of sp³-hybridized carbons (Fsp3) is 0.632. The van der Waals surface area contributed by atoms with E-state index >= 15 is 0 Å². The Labute approximate surface area is 139 Å². The van der Waals surface area contributed by atoms with Crippen LogP contribution in [0.4, 0.5) is 0 Å². The van der Waals surface area contributed by atoms with Crippen molar-refractivity contribution < 1.29 is 9.53 Å². The molecule has 3 rings (SSSR count). The maximum atomic E-state index is 12.6. The van der Waals surface area contributed by atoms with Crippen LogP contribution in [0.1, 0.15) is 33.3 Å². The van der Waals surface area contributed by atoms with Crippen LogP contribution < -0.4 is 10.1 Å². The summed E-state index contributed by atoms with van der Waals surface area (Å²) in [4.78, 5) is 14.6. The lowest BCUT2D eigenvalue weighted by Crippen LogP contribution is -2.40. The minimum atomic E-state index is -0.433. The first-order valence-electron chi connectivity index (χ1n) is 8.61. The van der Waals surface area contributed by atoms with Gasteiger partial charge in [0.1, 0.15) is 5.75 Å². The largest absolute Gasteiger partial charge is 0.481 e. The van der Waals surface area contributed by atoms with E-state index in [1.54, 1.807) is 0 Å². The van der Waals surface area contributed by atoms with Gasteiger partial charge in [-0.15, -0.1) is 0 Å². The molecule has 0 bridgehead atoms. The SMILES string of the molecule is CC(Oc1cccc(C(C)(C)C)c1)C(=O)N1C[C@H]2CNC[C@H]2C1. The first kappa shape index (κ1) is 16.3. The van der Waals surface area contributed by atoms with Gasteiger partial charge in [0, 0.05) is 26.2 Å². The van der Waals surface area contributed by atoms with Crippen molar-refractivity contribution >= 4 is 5.91 Å². The number of amides is 1. The van der Waals surface area contributed by atoms with E-state index in [0.29, 0.717) is 11.8 Å². The molecule has 0 spiro atoms. The van der Waals surface area contributed by atoms with Gasteiger partial charge in [0.05, 0.1) is 0 Å². The van der Waals surface area contributed by atoms with Crippen LogP contribution in [0.2, 0.25) is 0 Å². The molecule has 126 valence electrons. The van der Waals surface area contributed by atoms with E-state index in [0.717, 1.165) is 31.9 Å². The third-order valence-corrected chi connectivity index (χ3v) is 5.06. The average molecular weight is 316 g/mol. The predicted octanol–water partition coefficient (Wildman–Crippen LogP) is 2.43. The molecule has 4 heteroatoms. The highest BCUT2D eigenvalue weighted by atomic mass is 16.5. The summed E-state index contributed by atoms with van der Waals surface area (Å²) in [5.41, 5.74) is 1.29. The summed E-state index contributed by atoms with van der Waals surface area (Å²) in [7, 11) is 0. The molecule has 3 atom stereocenters. The molecule has 2 aliphatic heterocycles. The number of benzene rings is 1. The van der Waals surface area contributed by atoms with Crippen molar-refractivity contribution in [1.82, 2.24) is 10.2 Å². The fourth-order valence-corrected chi connectivity index (χ4v) is 3.58. The zero-order valence-electron chi connectivity index (χ0n) is 14.6. The molecule has 2 saturated heterocycles. The van der Waals surface area contributed by atoms with Crippen LogP contribution in [0.5, 0.6) is 5.75 Å². The first-order chi connectivity index (χ1) is 10.8. The minimum Gasteiger partial charge on any atom is -0.481 e. The van der Waals surface area contributed by atoms with Crippen molar-refractivity contribution in [3.63, 3.8) is 0 Å². The molecule has 0 aromatic heterocycles. The Morgan fingerprint density at radius 1 is 1.26 bits per heavy atom. The van der Waals surface area contributed by atoms with Gasteiger partial charge in [-0.05, 0) is 41.9 Å². The normalized spacial score (nSPS) is 25.3. The van der Waals surface area contributed by atoms with E-state index in [9.17, 15) is 4.79 Å². The van der Waals surface area contributed by atoms with E-state index in [-0.39, 0.29) is 11.3 Å². The molecular weight excluding hydrogens is 288 g/mol. The van der Waals surface area contributed by atoms with Crippen LogP contribution in [0.25, 0.3) is 0 Å². The number of carbonyl (C=O) groups is 1. The van der Waals surface area contributed by atoms with Crippen molar-refractivity contribution in [3.05, 3.63) is 29.8 Å². The Hall–Kier alpha value is -1.55. The van der Waals surface area contributed by atoms with Crippen molar-refractivity contribution in [1.29, 1.82) is 0 Å². The van der Waals surface area contributed by atoms with Crippen LogP contribution in [0.15, 0.2) is 24.3 Å². The third kappa shape index (κ3) is 3.52. The molecule has 1 N–H and O–H groups in total. The molecule has 1 aromatic carbocycles. The Morgan fingerprint density at radius 3 is 2.52 bits per heavy atom. The Morgan fingerprint density at radius 2 is 1.91 bits per heavy atom. The van der Waals surface area contributed by atoms with Crippen molar-refractivity contribution in [2.45, 2.75) is 39.2 Å². The van der Waals surface area contributed by atoms with Gasteiger partial charge in [0.25, 0.3) is 5.91 Å². The van der Waals surface area contributed by atoms with Crippen LogP contribution in [0.3, 0.4) is 0 Å². The van der Waals surface area contributed by atoms with Gasteiger partial charge in [-0.25, -0.2) is 0 Å². The molecule has 2 aliphatic rings. The maximum absolute atomic E-state index is 12.6. The number of hydrogen-bond donors (Lipinski definition) is 1. The first-order valence-corrected chi connectivity index (χ1v) is 8.61. The second-order valence-corrected chi connectivity index (χ2v) is 7.96. The number of carbonyl (C=O) groups excluding carboxylic acids is 1. The number of ether oxygens (including phenoxy) is 1. The quantitative estimate of drug-likeness (QED) is 0.931. The molecule has 0 radical (unpaired) electrons. The number of rotatable bonds is 3. The molecule has 23 heavy (non-hydrogen) atoms. The van der Waals surface area contributed by atoms with Crippen molar-refractivity contribution in [2.75, 3.05) is 26.2 Å². The summed E-state index contributed by atoms with van der Waals surface area (Å²) in [5, 5.41) is 3.40. The molecule has 2 heterocycles. The third-order valence-electron chi connectivity index (χ3n) is 5.06. The van der Waals surface area contributed by atoms with Crippen LogP contribution in [-0.4, -0.2) is 43.1 Å². The van der Waals surface area contributed by atoms with E-state index < -0.39 is 6.10 Å². The number of fused-ring (bicyclic) bond motifs is 1. The van der Waals surface area contributed by atoms with Crippen LogP contribution in [0, 0.1) is 11.8 Å². The zero-order valence-corrected chi connectivity index (χ0v) is 14.6. The van der Waals surface area contributed by atoms with Gasteiger partial charge < -0.3 is 15.0 Å². The fourth-order valence-electron chi connectivity index (χ4n) is 3.58. The lowest BCUT2D eigenvalue weighted by molar-refractivity contribution is -0.137. The Kier molecular flexibility index (Phi) is 4.37. The minimum absolute atomic E-state index is 0.0754. The average Bonchev–Trinajstić information content (AvgIpc) is 3.07. The van der Waals surface area contributed by atoms with Gasteiger partial charge in [0.15, 0.2) is 6.10 Å². The topological polar surface area (TPSA) is 41.6 Å². The Balaban J connectivity index is 1.63. The highest BCUT2D eigenvalue weighted by Crippen LogP contribution is 2.28. The summed E-state index contributed by atoms with van der Waals surface area (Å²) in [6.45, 7) is 12.2. The second-order valence-electron chi connectivity index (χ2n) is 7.96. The smallest absolute Gasteiger partial charge is 0.263 e. The number of nitrogens with one attached hydrogen (secondary N) is 1. The van der Waals surface area contributed by atoms with E-state index in [4.69, 9.17) is 4.74 Å². The summed E-state index contributed by atoms with van der Waals surface area (Å²) in [6, 6.07) is 8.08. The lowest BCUT2D eigenvalue weighted by Gasteiger charge is -2.24. The van der Waals surface area contributed by atoms with E-state index in [2.05, 4.69) is 32.2 Å². The number of hydrogen-bond acceptors (Lipinski definition) is 3. The molecule has 4 nitrogen and oxygen atoms in total. The molecule has 0 saturated carbocycles. The number of nitrogens with zero attached hydrogens (tertiary/aromatic N) is 1. The van der Waals surface area contributed by atoms with Crippen LogP contribution >= 0.6 is 0 Å². The van der Waals surface area contributed by atoms with Crippen LogP contribution in [-0.2, 0) is 10.2 Å². The monoisotopic (exact) mass is 316 g/mol. The Bertz CT molecular complexity index is 567. The van der Waals surface area contributed by atoms with Gasteiger partial charge in [0.2, 0.25) is 0 Å². The highest BCUT2D eigenvalue weighted by Gasteiger charge is 2.39. The van der Waals surface area contributed by atoms with Crippen molar-refractivity contribution in [2.24, 2.45) is 11.8 Å². The summed E-state index contributed by atoms with van der Waals surface area (Å²) in [5.74, 6) is 2.13. The zero-order chi connectivity index (χ0) is 16.6. The highest BCUT2D eigenvalue weighted by molar-refractivity contribution is 5.81. The van der Waals surface area contributed by atoms with Crippen molar-refractivity contribution in [3.8, 4) is 5.75 Å². The summed E-state index contributed by atoms with van der Waals surface area (Å²) in [6.07, 6.45) is -0.433. The van der Waals surface area contributed by atoms with Gasteiger partial charge in [-0.1, -0.05) is 32.9 Å². The second kappa shape index (κ2) is 6.16. The molecule has 1 aromatic rings. The molecule has 1 unspecified atom stereocenters. The molecule has 1 amide bonds. The summed E-state index contributed by atoms with van der Waals surface area (Å²) >= 11 is 0.